The summed E-state index contributed by atoms with van der Waals surface area (Å²) in [6, 6.07) is 4.47. The van der Waals surface area contributed by atoms with Crippen molar-refractivity contribution in [3.63, 3.8) is 0 Å². The molecule has 0 amide bonds. The fraction of sp³-hybridized carbons (Fsp3) is 0.600. The zero-order chi connectivity index (χ0) is 14.6. The zero-order valence-electron chi connectivity index (χ0n) is 11.3. The highest BCUT2D eigenvalue weighted by molar-refractivity contribution is 9.10. The molecule has 20 heavy (non-hydrogen) atoms. The van der Waals surface area contributed by atoms with Gasteiger partial charge in [0.05, 0.1) is 5.56 Å². The van der Waals surface area contributed by atoms with Crippen LogP contribution in [0.3, 0.4) is 0 Å². The highest BCUT2D eigenvalue weighted by Gasteiger charge is 2.34. The van der Waals surface area contributed by atoms with E-state index in [1.54, 1.807) is 6.07 Å². The maximum atomic E-state index is 13.1. The molecule has 1 aromatic carbocycles. The van der Waals surface area contributed by atoms with E-state index < -0.39 is 11.7 Å². The van der Waals surface area contributed by atoms with E-state index in [1.807, 2.05) is 0 Å². The Morgan fingerprint density at radius 1 is 1.00 bits per heavy atom. The lowest BCUT2D eigenvalue weighted by Gasteiger charge is -2.24. The molecular formula is C15H19BrF3N. The number of hydrogen-bond donors (Lipinski definition) is 1. The molecule has 1 fully saturated rings. The summed E-state index contributed by atoms with van der Waals surface area (Å²) in [7, 11) is 0. The summed E-state index contributed by atoms with van der Waals surface area (Å²) in [4.78, 5) is 0. The van der Waals surface area contributed by atoms with Crippen molar-refractivity contribution in [3.05, 3.63) is 28.2 Å². The number of alkyl halides is 3. The van der Waals surface area contributed by atoms with Gasteiger partial charge in [0.15, 0.2) is 0 Å². The topological polar surface area (TPSA) is 12.0 Å². The fourth-order valence-corrected chi connectivity index (χ4v) is 3.06. The van der Waals surface area contributed by atoms with E-state index in [-0.39, 0.29) is 11.7 Å². The number of benzene rings is 1. The summed E-state index contributed by atoms with van der Waals surface area (Å²) < 4.78 is 39.7. The smallest absolute Gasteiger partial charge is 0.382 e. The average molecular weight is 350 g/mol. The van der Waals surface area contributed by atoms with Gasteiger partial charge in [0.1, 0.15) is 0 Å². The van der Waals surface area contributed by atoms with Crippen molar-refractivity contribution in [3.8, 4) is 0 Å². The summed E-state index contributed by atoms with van der Waals surface area (Å²) in [5.74, 6) is 0. The van der Waals surface area contributed by atoms with Crippen LogP contribution >= 0.6 is 15.9 Å². The fourth-order valence-electron chi connectivity index (χ4n) is 2.70. The lowest BCUT2D eigenvalue weighted by Crippen LogP contribution is -2.22. The Balaban J connectivity index is 2.15. The van der Waals surface area contributed by atoms with Crippen LogP contribution in [0.1, 0.15) is 50.5 Å². The summed E-state index contributed by atoms with van der Waals surface area (Å²) in [5, 5.41) is 3.11. The van der Waals surface area contributed by atoms with Crippen LogP contribution in [0.4, 0.5) is 18.9 Å². The van der Waals surface area contributed by atoms with Gasteiger partial charge in [0.25, 0.3) is 0 Å². The number of nitrogens with one attached hydrogen (secondary N) is 1. The lowest BCUT2D eigenvalue weighted by molar-refractivity contribution is -0.137. The molecule has 0 heterocycles. The van der Waals surface area contributed by atoms with E-state index >= 15 is 0 Å². The van der Waals surface area contributed by atoms with Gasteiger partial charge in [-0.3, -0.25) is 0 Å². The van der Waals surface area contributed by atoms with E-state index in [1.165, 1.54) is 25.3 Å². The Hall–Kier alpha value is -0.710. The summed E-state index contributed by atoms with van der Waals surface area (Å²) in [6.45, 7) is 0. The normalized spacial score (nSPS) is 18.4. The Kier molecular flexibility index (Phi) is 5.35. The first-order valence-corrected chi connectivity index (χ1v) is 7.89. The molecule has 0 radical (unpaired) electrons. The predicted molar refractivity (Wildman–Crippen MR) is 78.9 cm³/mol. The number of rotatable bonds is 2. The van der Waals surface area contributed by atoms with Gasteiger partial charge in [-0.25, -0.2) is 0 Å². The zero-order valence-corrected chi connectivity index (χ0v) is 12.9. The Labute approximate surface area is 126 Å². The largest absolute Gasteiger partial charge is 0.418 e. The van der Waals surface area contributed by atoms with E-state index in [0.717, 1.165) is 31.7 Å². The Morgan fingerprint density at radius 2 is 1.60 bits per heavy atom. The van der Waals surface area contributed by atoms with E-state index in [0.29, 0.717) is 4.47 Å². The standard InChI is InChI=1S/C15H19BrF3N/c16-11-8-9-14(13(10-11)15(17,18)19)20-12-6-4-2-1-3-5-7-12/h8-10,12,20H,1-7H2. The molecule has 112 valence electrons. The van der Waals surface area contributed by atoms with Crippen LogP contribution in [0.15, 0.2) is 22.7 Å². The van der Waals surface area contributed by atoms with Crippen molar-refractivity contribution < 1.29 is 13.2 Å². The number of halogens is 4. The molecule has 0 aromatic heterocycles. The molecular weight excluding hydrogens is 331 g/mol. The Bertz CT molecular complexity index is 437. The highest BCUT2D eigenvalue weighted by Crippen LogP contribution is 2.37. The van der Waals surface area contributed by atoms with E-state index in [9.17, 15) is 13.2 Å². The molecule has 1 N–H and O–H groups in total. The van der Waals surface area contributed by atoms with Crippen molar-refractivity contribution >= 4 is 21.6 Å². The second kappa shape index (κ2) is 6.83. The molecule has 0 spiro atoms. The molecule has 0 atom stereocenters. The quantitative estimate of drug-likeness (QED) is 0.691. The molecule has 1 nitrogen and oxygen atoms in total. The summed E-state index contributed by atoms with van der Waals surface area (Å²) in [5.41, 5.74) is -0.389. The second-order valence-corrected chi connectivity index (χ2v) is 6.29. The van der Waals surface area contributed by atoms with Gasteiger partial charge in [0.2, 0.25) is 0 Å². The van der Waals surface area contributed by atoms with Gasteiger partial charge in [-0.2, -0.15) is 13.2 Å². The minimum atomic E-state index is -4.33. The molecule has 1 aliphatic carbocycles. The first-order chi connectivity index (χ1) is 9.47. The number of hydrogen-bond acceptors (Lipinski definition) is 1. The van der Waals surface area contributed by atoms with Gasteiger partial charge in [0, 0.05) is 16.2 Å². The molecule has 2 rings (SSSR count). The second-order valence-electron chi connectivity index (χ2n) is 5.37. The third-order valence-electron chi connectivity index (χ3n) is 3.75. The van der Waals surface area contributed by atoms with Gasteiger partial charge >= 0.3 is 6.18 Å². The van der Waals surface area contributed by atoms with Gasteiger partial charge in [-0.15, -0.1) is 0 Å². The van der Waals surface area contributed by atoms with Crippen LogP contribution in [0.2, 0.25) is 0 Å². The molecule has 1 aromatic rings. The van der Waals surface area contributed by atoms with Crippen LogP contribution < -0.4 is 5.32 Å². The van der Waals surface area contributed by atoms with E-state index in [4.69, 9.17) is 0 Å². The number of anilines is 1. The van der Waals surface area contributed by atoms with Gasteiger partial charge in [-0.05, 0) is 31.0 Å². The monoisotopic (exact) mass is 349 g/mol. The third kappa shape index (κ3) is 4.40. The van der Waals surface area contributed by atoms with Crippen LogP contribution in [-0.2, 0) is 6.18 Å². The molecule has 0 aliphatic heterocycles. The van der Waals surface area contributed by atoms with Crippen molar-refractivity contribution in [2.45, 2.75) is 57.2 Å². The molecule has 0 saturated heterocycles. The molecule has 5 heteroatoms. The summed E-state index contributed by atoms with van der Waals surface area (Å²) in [6.07, 6.45) is 3.38. The molecule has 1 aliphatic rings. The van der Waals surface area contributed by atoms with Crippen LogP contribution in [0.5, 0.6) is 0 Å². The average Bonchev–Trinajstić information content (AvgIpc) is 2.33. The first-order valence-electron chi connectivity index (χ1n) is 7.10. The van der Waals surface area contributed by atoms with Crippen LogP contribution in [0, 0.1) is 0 Å². The maximum absolute atomic E-state index is 13.1. The van der Waals surface area contributed by atoms with Crippen molar-refractivity contribution in [2.75, 3.05) is 5.32 Å². The minimum Gasteiger partial charge on any atom is -0.382 e. The Morgan fingerprint density at radius 3 is 2.20 bits per heavy atom. The first kappa shape index (κ1) is 15.7. The third-order valence-corrected chi connectivity index (χ3v) is 4.25. The molecule has 0 unspecified atom stereocenters. The van der Waals surface area contributed by atoms with E-state index in [2.05, 4.69) is 21.2 Å². The van der Waals surface area contributed by atoms with Crippen molar-refractivity contribution in [2.24, 2.45) is 0 Å². The van der Waals surface area contributed by atoms with Crippen molar-refractivity contribution in [1.82, 2.24) is 0 Å². The lowest BCUT2D eigenvalue weighted by atomic mass is 9.96. The SMILES string of the molecule is FC(F)(F)c1cc(Br)ccc1NC1CCCCCCC1. The molecule has 0 bridgehead atoms. The van der Waals surface area contributed by atoms with Crippen LogP contribution in [-0.4, -0.2) is 6.04 Å². The van der Waals surface area contributed by atoms with Crippen molar-refractivity contribution in [1.29, 1.82) is 0 Å². The van der Waals surface area contributed by atoms with Crippen LogP contribution in [0.25, 0.3) is 0 Å². The molecule has 1 saturated carbocycles. The maximum Gasteiger partial charge on any atom is 0.418 e. The highest BCUT2D eigenvalue weighted by atomic mass is 79.9. The van der Waals surface area contributed by atoms with Gasteiger partial charge in [-0.1, -0.05) is 48.0 Å². The minimum absolute atomic E-state index is 0.151. The summed E-state index contributed by atoms with van der Waals surface area (Å²) >= 11 is 3.11. The van der Waals surface area contributed by atoms with Gasteiger partial charge < -0.3 is 5.32 Å². The predicted octanol–water partition coefficient (Wildman–Crippen LogP) is 5.99.